The van der Waals surface area contributed by atoms with Crippen LogP contribution in [-0.4, -0.2) is 147 Å². The van der Waals surface area contributed by atoms with Crippen LogP contribution in [0.1, 0.15) is 47.0 Å². The minimum atomic E-state index is -0.317. The highest BCUT2D eigenvalue weighted by Crippen LogP contribution is 2.41. The molecule has 2 fully saturated rings. The number of hydrogen-bond acceptors (Lipinski definition) is 11. The first-order valence-electron chi connectivity index (χ1n) is 23.1. The molecule has 0 unspecified atom stereocenters. The van der Waals surface area contributed by atoms with E-state index >= 15 is 0 Å². The Kier molecular flexibility index (Phi) is 10.9. The molecule has 4 heterocycles. The number of likely N-dealkylation sites (N-methyl/N-ethyl adjacent to an activating group) is 2. The first-order chi connectivity index (χ1) is 33.1. The van der Waals surface area contributed by atoms with Crippen molar-refractivity contribution in [3.05, 3.63) is 154 Å². The lowest BCUT2D eigenvalue weighted by Crippen LogP contribution is -2.44. The summed E-state index contributed by atoms with van der Waals surface area (Å²) in [7, 11) is 3.76. The molecule has 342 valence electrons. The Balaban J connectivity index is 0.728. The van der Waals surface area contributed by atoms with Crippen LogP contribution in [0.2, 0.25) is 0 Å². The number of allylic oxidation sites excluding steroid dienone is 7. The standard InChI is InChI=1S/C54H48N6O8/c1-55(21-23-59-51(63)39-7-3-5-37-43(57-25-29-67-30-26-57)19-17-41(47(37)39)53(59)65)35-13-9-33(10-14-35)45-49(61)46(50(45)62)34-11-15-36(16-12-34)56(2)22-24-60-52(64)40-8-4-6-38-44(58-27-31-68-32-28-58)20-18-42(48(38)40)54(60)66/h3-20H,21-32H2,1-2H3/p+1. The molecule has 0 saturated carbocycles. The summed E-state index contributed by atoms with van der Waals surface area (Å²) in [5.74, 6) is -1.62. The number of benzene rings is 5. The molecule has 4 amide bonds. The summed E-state index contributed by atoms with van der Waals surface area (Å²) in [6.07, 6.45) is 7.26. The molecule has 0 spiro atoms. The lowest BCUT2D eigenvalue weighted by atomic mass is 9.80. The molecule has 68 heavy (non-hydrogen) atoms. The first kappa shape index (κ1) is 42.9. The van der Waals surface area contributed by atoms with Crippen molar-refractivity contribution < 1.29 is 43.1 Å². The fraction of sp³-hybridized carbons (Fsp3) is 0.259. The number of carbonyl (C=O) groups excluding carboxylic acids is 5. The Labute approximate surface area is 392 Å². The van der Waals surface area contributed by atoms with Gasteiger partial charge in [-0.25, -0.2) is 4.58 Å². The lowest BCUT2D eigenvalue weighted by Gasteiger charge is -2.33. The molecule has 1 N–H and O–H groups in total. The van der Waals surface area contributed by atoms with Gasteiger partial charge in [-0.1, -0.05) is 36.4 Å². The molecule has 2 aliphatic carbocycles. The van der Waals surface area contributed by atoms with Crippen LogP contribution < -0.4 is 14.7 Å². The molecule has 14 heteroatoms. The average Bonchev–Trinajstić information content (AvgIpc) is 3.37. The number of hydrogen-bond donors (Lipinski definition) is 1. The zero-order valence-electron chi connectivity index (χ0n) is 37.9. The van der Waals surface area contributed by atoms with E-state index in [0.717, 1.165) is 59.7 Å². The van der Waals surface area contributed by atoms with Gasteiger partial charge in [0.2, 0.25) is 5.78 Å². The number of anilines is 3. The first-order valence-corrected chi connectivity index (χ1v) is 23.1. The van der Waals surface area contributed by atoms with Crippen molar-refractivity contribution in [2.45, 2.75) is 0 Å². The summed E-state index contributed by atoms with van der Waals surface area (Å²) >= 11 is 0. The van der Waals surface area contributed by atoms with E-state index in [9.17, 15) is 29.1 Å². The molecule has 0 radical (unpaired) electrons. The van der Waals surface area contributed by atoms with Crippen molar-refractivity contribution in [1.29, 1.82) is 0 Å². The predicted molar refractivity (Wildman–Crippen MR) is 260 cm³/mol. The van der Waals surface area contributed by atoms with E-state index in [0.29, 0.717) is 83.7 Å². The smallest absolute Gasteiger partial charge is 0.261 e. The van der Waals surface area contributed by atoms with Gasteiger partial charge in [0.05, 0.1) is 44.1 Å². The van der Waals surface area contributed by atoms with Gasteiger partial charge in [-0.05, 0) is 71.8 Å². The number of ether oxygens (including phenoxy) is 2. The van der Waals surface area contributed by atoms with Crippen molar-refractivity contribution in [3.63, 3.8) is 0 Å². The fourth-order valence-corrected chi connectivity index (χ4v) is 10.3. The van der Waals surface area contributed by atoms with Crippen LogP contribution in [0, 0.1) is 0 Å². The molecular weight excluding hydrogens is 861 g/mol. The number of aliphatic hydroxyl groups is 1. The molecular formula is C54H49N6O8+. The molecule has 2 saturated heterocycles. The Bertz CT molecular complexity index is 3130. The van der Waals surface area contributed by atoms with Gasteiger partial charge in [-0.3, -0.25) is 33.8 Å². The Morgan fingerprint density at radius 3 is 1.57 bits per heavy atom. The van der Waals surface area contributed by atoms with Crippen LogP contribution in [0.15, 0.2) is 126 Å². The molecule has 5 aromatic rings. The van der Waals surface area contributed by atoms with Gasteiger partial charge in [-0.2, -0.15) is 0 Å². The summed E-state index contributed by atoms with van der Waals surface area (Å²) in [4.78, 5) is 77.8. The third-order valence-corrected chi connectivity index (χ3v) is 14.1. The van der Waals surface area contributed by atoms with Crippen LogP contribution in [0.3, 0.4) is 0 Å². The molecule has 5 aromatic carbocycles. The number of morpholine rings is 2. The lowest BCUT2D eigenvalue weighted by molar-refractivity contribution is -0.495. The largest absolute Gasteiger partial charge is 0.506 e. The predicted octanol–water partition coefficient (Wildman–Crippen LogP) is 6.05. The number of rotatable bonds is 10. The highest BCUT2D eigenvalue weighted by Gasteiger charge is 2.38. The fourth-order valence-electron chi connectivity index (χ4n) is 10.3. The summed E-state index contributed by atoms with van der Waals surface area (Å²) in [6, 6.07) is 26.1. The van der Waals surface area contributed by atoms with Crippen molar-refractivity contribution in [1.82, 2.24) is 9.80 Å². The van der Waals surface area contributed by atoms with Crippen LogP contribution in [0.5, 0.6) is 0 Å². The Morgan fingerprint density at radius 1 is 0.588 bits per heavy atom. The third-order valence-electron chi connectivity index (χ3n) is 14.1. The number of ketones is 1. The molecule has 0 aromatic heterocycles. The maximum absolute atomic E-state index is 13.8. The van der Waals surface area contributed by atoms with Crippen LogP contribution in [0.4, 0.5) is 17.1 Å². The maximum atomic E-state index is 13.8. The molecule has 0 bridgehead atoms. The number of Topliss-reactive ketones (excluding diaryl/α,β-unsaturated/α-hetero) is 1. The maximum Gasteiger partial charge on any atom is 0.261 e. The number of carbonyl (C=O) groups is 5. The number of aliphatic hydroxyl groups excluding tert-OH is 1. The van der Waals surface area contributed by atoms with Crippen LogP contribution >= 0.6 is 0 Å². The Morgan fingerprint density at radius 2 is 1.07 bits per heavy atom. The number of amides is 4. The van der Waals surface area contributed by atoms with E-state index in [-0.39, 0.29) is 59.4 Å². The second-order valence-corrected chi connectivity index (χ2v) is 17.8. The highest BCUT2D eigenvalue weighted by atomic mass is 16.5. The van der Waals surface area contributed by atoms with E-state index in [4.69, 9.17) is 9.47 Å². The SMILES string of the molecule is CN(CCN1C(=O)c2cccc3c(N4CCOCC4)ccc(c23)C1=O)c1ccc(C2=C(O)C(=C3C=CC(=[N+](C)CCN4C(=O)c5cccc6c(N7CCOCC7)ccc(c56)C4=O)C=C3)C2=O)cc1. The zero-order chi connectivity index (χ0) is 46.8. The summed E-state index contributed by atoms with van der Waals surface area (Å²) < 4.78 is 13.0. The quantitative estimate of drug-likeness (QED) is 0.0994. The van der Waals surface area contributed by atoms with Gasteiger partial charge in [0.15, 0.2) is 12.3 Å². The van der Waals surface area contributed by atoms with Crippen LogP contribution in [-0.2, 0) is 14.3 Å². The molecule has 0 atom stereocenters. The Hall–Kier alpha value is -7.68. The van der Waals surface area contributed by atoms with Gasteiger partial charge in [-0.15, -0.1) is 0 Å². The minimum absolute atomic E-state index is 0.0822. The van der Waals surface area contributed by atoms with E-state index in [2.05, 4.69) is 9.80 Å². The average molecular weight is 910 g/mol. The van der Waals surface area contributed by atoms with Gasteiger partial charge < -0.3 is 29.3 Å². The van der Waals surface area contributed by atoms with Crippen LogP contribution in [0.25, 0.3) is 27.1 Å². The molecule has 6 aliphatic rings. The van der Waals surface area contributed by atoms with Gasteiger partial charge in [0, 0.05) is 119 Å². The summed E-state index contributed by atoms with van der Waals surface area (Å²) in [6.45, 7) is 6.59. The van der Waals surface area contributed by atoms with E-state index in [1.54, 1.807) is 36.4 Å². The van der Waals surface area contributed by atoms with Crippen molar-refractivity contribution in [3.8, 4) is 0 Å². The molecule has 4 aliphatic heterocycles. The molecule has 11 rings (SSSR count). The summed E-state index contributed by atoms with van der Waals surface area (Å²) in [5.41, 5.74) is 7.29. The molecule has 14 nitrogen and oxygen atoms in total. The monoisotopic (exact) mass is 909 g/mol. The van der Waals surface area contributed by atoms with Gasteiger partial charge in [0.25, 0.3) is 23.6 Å². The van der Waals surface area contributed by atoms with Crippen molar-refractivity contribution in [2.24, 2.45) is 0 Å². The van der Waals surface area contributed by atoms with Gasteiger partial charge >= 0.3 is 0 Å². The summed E-state index contributed by atoms with van der Waals surface area (Å²) in [5, 5.41) is 14.4. The van der Waals surface area contributed by atoms with E-state index in [1.165, 1.54) is 9.80 Å². The number of nitrogens with zero attached hydrogens (tertiary/aromatic N) is 6. The minimum Gasteiger partial charge on any atom is -0.506 e. The number of imide groups is 2. The van der Waals surface area contributed by atoms with Crippen molar-refractivity contribution in [2.75, 3.05) is 108 Å². The second kappa shape index (κ2) is 17.2. The third kappa shape index (κ3) is 7.10. The zero-order valence-corrected chi connectivity index (χ0v) is 37.9. The highest BCUT2D eigenvalue weighted by molar-refractivity contribution is 6.39. The van der Waals surface area contributed by atoms with Gasteiger partial charge in [0.1, 0.15) is 12.8 Å². The topological polar surface area (TPSA) is 143 Å². The second-order valence-electron chi connectivity index (χ2n) is 17.8. The van der Waals surface area contributed by atoms with E-state index in [1.807, 2.05) is 96.4 Å². The van der Waals surface area contributed by atoms with Crippen molar-refractivity contribution >= 4 is 79.3 Å². The normalized spacial score (nSPS) is 18.2. The van der Waals surface area contributed by atoms with E-state index < -0.39 is 0 Å².